The van der Waals surface area contributed by atoms with Crippen LogP contribution in [0.2, 0.25) is 0 Å². The lowest BCUT2D eigenvalue weighted by Gasteiger charge is -2.22. The number of hydrogen-bond donors (Lipinski definition) is 0. The fourth-order valence-electron chi connectivity index (χ4n) is 6.87. The van der Waals surface area contributed by atoms with E-state index in [2.05, 4.69) is 81.4 Å². The van der Waals surface area contributed by atoms with E-state index in [-0.39, 0.29) is 5.41 Å². The normalized spacial score (nSPS) is 12.4. The van der Waals surface area contributed by atoms with E-state index in [0.717, 1.165) is 55.6 Å². The molecule has 0 heterocycles. The van der Waals surface area contributed by atoms with Crippen molar-refractivity contribution in [3.63, 3.8) is 0 Å². The zero-order valence-electron chi connectivity index (χ0n) is 24.0. The van der Waals surface area contributed by atoms with Crippen LogP contribution >= 0.6 is 0 Å². The Labute approximate surface area is 247 Å². The summed E-state index contributed by atoms with van der Waals surface area (Å²) in [4.78, 5) is 0. The Bertz CT molecular complexity index is 2260. The summed E-state index contributed by atoms with van der Waals surface area (Å²) in [5.41, 5.74) is 4.48. The molecule has 43 heavy (non-hydrogen) atoms. The fourth-order valence-corrected chi connectivity index (χ4v) is 6.87. The van der Waals surface area contributed by atoms with Crippen LogP contribution in [-0.2, 0) is 5.41 Å². The lowest BCUT2D eigenvalue weighted by molar-refractivity contribution is 0.448. The van der Waals surface area contributed by atoms with Gasteiger partial charge in [-0.25, -0.2) is 13.2 Å². The van der Waals surface area contributed by atoms with E-state index in [9.17, 15) is 13.2 Å². The zero-order valence-corrected chi connectivity index (χ0v) is 24.0. The Morgan fingerprint density at radius 1 is 0.442 bits per heavy atom. The molecule has 0 radical (unpaired) electrons. The Morgan fingerprint density at radius 2 is 0.791 bits per heavy atom. The summed E-state index contributed by atoms with van der Waals surface area (Å²) in [6.07, 6.45) is 0. The molecule has 0 aromatic heterocycles. The van der Waals surface area contributed by atoms with E-state index >= 15 is 0 Å². The highest BCUT2D eigenvalue weighted by Gasteiger charge is 2.21. The van der Waals surface area contributed by atoms with Crippen LogP contribution in [0.3, 0.4) is 0 Å². The summed E-state index contributed by atoms with van der Waals surface area (Å²) in [6, 6.07) is 36.0. The van der Waals surface area contributed by atoms with Crippen LogP contribution in [0, 0.1) is 17.5 Å². The first kappa shape index (κ1) is 25.8. The fraction of sp³-hybridized carbons (Fsp3) is 0.100. The van der Waals surface area contributed by atoms with Crippen LogP contribution in [0.15, 0.2) is 109 Å². The van der Waals surface area contributed by atoms with Crippen molar-refractivity contribution in [1.29, 1.82) is 0 Å². The first-order valence-corrected chi connectivity index (χ1v) is 14.5. The topological polar surface area (TPSA) is 0 Å². The van der Waals surface area contributed by atoms with Gasteiger partial charge in [0.05, 0.1) is 0 Å². The molecule has 208 valence electrons. The molecule has 0 aliphatic rings. The quantitative estimate of drug-likeness (QED) is 0.111. The average molecular weight is 565 g/mol. The second-order valence-corrected chi connectivity index (χ2v) is 12.6. The largest absolute Gasteiger partial charge is 0.204 e. The van der Waals surface area contributed by atoms with Crippen molar-refractivity contribution in [2.45, 2.75) is 26.2 Å². The standard InChI is InChI=1S/C40H27F3/c1-40(2,3)28-18-24-14-12-22-16-26(17-23-13-15-25(19-28)36(24)35(22)23)37-29-8-4-6-10-31(29)38(32-11-7-5-9-30(32)37)27-20-33(41)39(43)34(42)21-27/h4-21H,1-3H3. The number of halogens is 3. The third-order valence-corrected chi connectivity index (χ3v) is 8.89. The second kappa shape index (κ2) is 9.05. The Balaban J connectivity index is 1.45. The van der Waals surface area contributed by atoms with Crippen molar-refractivity contribution >= 4 is 53.9 Å². The van der Waals surface area contributed by atoms with Gasteiger partial charge in [-0.1, -0.05) is 106 Å². The van der Waals surface area contributed by atoms with Gasteiger partial charge in [-0.3, -0.25) is 0 Å². The van der Waals surface area contributed by atoms with E-state index in [1.54, 1.807) is 0 Å². The van der Waals surface area contributed by atoms with Crippen LogP contribution < -0.4 is 0 Å². The molecule has 0 amide bonds. The number of rotatable bonds is 2. The van der Waals surface area contributed by atoms with E-state index < -0.39 is 17.5 Å². The van der Waals surface area contributed by atoms with Crippen molar-refractivity contribution in [1.82, 2.24) is 0 Å². The van der Waals surface area contributed by atoms with E-state index in [0.29, 0.717) is 11.1 Å². The lowest BCUT2D eigenvalue weighted by Crippen LogP contribution is -2.10. The van der Waals surface area contributed by atoms with Crippen molar-refractivity contribution in [3.8, 4) is 22.3 Å². The van der Waals surface area contributed by atoms with Gasteiger partial charge in [-0.2, -0.15) is 0 Å². The van der Waals surface area contributed by atoms with Gasteiger partial charge in [-0.15, -0.1) is 0 Å². The summed E-state index contributed by atoms with van der Waals surface area (Å²) in [6.45, 7) is 6.74. The van der Waals surface area contributed by atoms with Gasteiger partial charge in [-0.05, 0) is 111 Å². The SMILES string of the molecule is CC(C)(C)c1cc2ccc3cc(-c4c5ccccc5c(-c5cc(F)c(F)c(F)c5)c5ccccc45)cc4ccc(c1)c2c34. The molecule has 8 aromatic carbocycles. The van der Waals surface area contributed by atoms with Crippen LogP contribution in [0.25, 0.3) is 76.1 Å². The van der Waals surface area contributed by atoms with Gasteiger partial charge >= 0.3 is 0 Å². The molecule has 0 N–H and O–H groups in total. The van der Waals surface area contributed by atoms with Gasteiger partial charge in [0, 0.05) is 0 Å². The van der Waals surface area contributed by atoms with Crippen LogP contribution in [0.5, 0.6) is 0 Å². The molecule has 0 fully saturated rings. The Hall–Kier alpha value is -4.89. The molecule has 0 atom stereocenters. The number of hydrogen-bond acceptors (Lipinski definition) is 0. The number of fused-ring (bicyclic) bond motifs is 2. The highest BCUT2D eigenvalue weighted by atomic mass is 19.2. The molecule has 0 unspecified atom stereocenters. The maximum Gasteiger partial charge on any atom is 0.194 e. The zero-order chi connectivity index (χ0) is 29.6. The molecule has 0 nitrogen and oxygen atoms in total. The average Bonchev–Trinajstić information content (AvgIpc) is 3.00. The summed E-state index contributed by atoms with van der Waals surface area (Å²) in [5, 5.41) is 11.0. The highest BCUT2D eigenvalue weighted by molar-refractivity contribution is 6.26. The van der Waals surface area contributed by atoms with Crippen LogP contribution in [-0.4, -0.2) is 0 Å². The van der Waals surface area contributed by atoms with E-state index in [1.807, 2.05) is 36.4 Å². The predicted octanol–water partition coefficient (Wildman–Crippen LogP) is 11.9. The Morgan fingerprint density at radius 3 is 1.16 bits per heavy atom. The third kappa shape index (κ3) is 3.84. The van der Waals surface area contributed by atoms with Crippen molar-refractivity contribution in [2.75, 3.05) is 0 Å². The van der Waals surface area contributed by atoms with Gasteiger partial charge in [0.15, 0.2) is 17.5 Å². The van der Waals surface area contributed by atoms with Gasteiger partial charge in [0.25, 0.3) is 0 Å². The van der Waals surface area contributed by atoms with E-state index in [1.165, 1.54) is 27.1 Å². The second-order valence-electron chi connectivity index (χ2n) is 12.6. The van der Waals surface area contributed by atoms with Crippen molar-refractivity contribution in [3.05, 3.63) is 132 Å². The molecule has 0 saturated heterocycles. The monoisotopic (exact) mass is 564 g/mol. The van der Waals surface area contributed by atoms with Crippen LogP contribution in [0.4, 0.5) is 13.2 Å². The van der Waals surface area contributed by atoms with Gasteiger partial charge < -0.3 is 0 Å². The smallest absolute Gasteiger partial charge is 0.194 e. The molecule has 0 aliphatic heterocycles. The first-order valence-electron chi connectivity index (χ1n) is 14.5. The molecule has 0 bridgehead atoms. The van der Waals surface area contributed by atoms with Crippen molar-refractivity contribution in [2.24, 2.45) is 0 Å². The maximum atomic E-state index is 14.5. The van der Waals surface area contributed by atoms with Gasteiger partial charge in [0.1, 0.15) is 0 Å². The molecular formula is C40H27F3. The molecular weight excluding hydrogens is 537 g/mol. The maximum absolute atomic E-state index is 14.5. The molecule has 3 heteroatoms. The molecule has 0 aliphatic carbocycles. The molecule has 8 aromatic rings. The minimum Gasteiger partial charge on any atom is -0.204 e. The minimum absolute atomic E-state index is 0.0529. The van der Waals surface area contributed by atoms with Crippen LogP contribution in [0.1, 0.15) is 26.3 Å². The number of benzene rings is 8. The van der Waals surface area contributed by atoms with E-state index in [4.69, 9.17) is 0 Å². The summed E-state index contributed by atoms with van der Waals surface area (Å²) in [7, 11) is 0. The minimum atomic E-state index is -1.46. The lowest BCUT2D eigenvalue weighted by atomic mass is 9.82. The summed E-state index contributed by atoms with van der Waals surface area (Å²) >= 11 is 0. The molecule has 0 spiro atoms. The predicted molar refractivity (Wildman–Crippen MR) is 175 cm³/mol. The summed E-state index contributed by atoms with van der Waals surface area (Å²) < 4.78 is 42.9. The molecule has 0 saturated carbocycles. The van der Waals surface area contributed by atoms with Gasteiger partial charge in [0.2, 0.25) is 0 Å². The first-order chi connectivity index (χ1) is 20.7. The van der Waals surface area contributed by atoms with Crippen molar-refractivity contribution < 1.29 is 13.2 Å². The highest BCUT2D eigenvalue weighted by Crippen LogP contribution is 2.46. The molecule has 8 rings (SSSR count). The third-order valence-electron chi connectivity index (χ3n) is 8.89. The summed E-state index contributed by atoms with van der Waals surface area (Å²) in [5.74, 6) is -3.86. The Kier molecular flexibility index (Phi) is 5.43.